The first-order chi connectivity index (χ1) is 6.69. The average Bonchev–Trinajstić information content (AvgIpc) is 2.45. The Hall–Kier alpha value is -0.810. The van der Waals surface area contributed by atoms with E-state index in [1.54, 1.807) is 4.90 Å². The fraction of sp³-hybridized carbons (Fsp3) is 0.889. The Morgan fingerprint density at radius 2 is 2.07 bits per heavy atom. The molecule has 2 amide bonds. The standard InChI is InChI=1S/C9H18N2O3/c1-4-13-9(14-5-2)11-6-7(3)10-8(11)12/h7,9H,4-6H2,1-3H3,(H,10,12). The van der Waals surface area contributed by atoms with Gasteiger partial charge in [0, 0.05) is 25.8 Å². The van der Waals surface area contributed by atoms with Crippen LogP contribution in [0.2, 0.25) is 0 Å². The first-order valence-electron chi connectivity index (χ1n) is 4.99. The molecule has 1 atom stereocenters. The molecule has 1 saturated heterocycles. The minimum absolute atomic E-state index is 0.121. The van der Waals surface area contributed by atoms with E-state index in [2.05, 4.69) is 5.32 Å². The van der Waals surface area contributed by atoms with Crippen LogP contribution in [0.5, 0.6) is 0 Å². The highest BCUT2D eigenvalue weighted by Gasteiger charge is 2.32. The normalized spacial score (nSPS) is 21.9. The molecule has 0 spiro atoms. The van der Waals surface area contributed by atoms with Gasteiger partial charge in [-0.25, -0.2) is 4.79 Å². The maximum absolute atomic E-state index is 11.4. The first-order valence-corrected chi connectivity index (χ1v) is 4.99. The molecule has 0 bridgehead atoms. The summed E-state index contributed by atoms with van der Waals surface area (Å²) in [5.41, 5.74) is 0. The van der Waals surface area contributed by atoms with Crippen LogP contribution in [0.1, 0.15) is 20.8 Å². The van der Waals surface area contributed by atoms with Gasteiger partial charge in [0.2, 0.25) is 6.41 Å². The molecule has 14 heavy (non-hydrogen) atoms. The molecule has 1 heterocycles. The van der Waals surface area contributed by atoms with Gasteiger partial charge < -0.3 is 14.8 Å². The van der Waals surface area contributed by atoms with Crippen LogP contribution in [0.25, 0.3) is 0 Å². The number of hydrogen-bond acceptors (Lipinski definition) is 3. The molecule has 82 valence electrons. The number of amides is 2. The molecule has 0 aromatic heterocycles. The number of carbonyl (C=O) groups excluding carboxylic acids is 1. The van der Waals surface area contributed by atoms with E-state index in [-0.39, 0.29) is 12.1 Å². The van der Waals surface area contributed by atoms with E-state index in [9.17, 15) is 4.79 Å². The number of nitrogens with zero attached hydrogens (tertiary/aromatic N) is 1. The van der Waals surface area contributed by atoms with Crippen molar-refractivity contribution in [1.82, 2.24) is 10.2 Å². The quantitative estimate of drug-likeness (QED) is 0.669. The van der Waals surface area contributed by atoms with Gasteiger partial charge >= 0.3 is 6.03 Å². The minimum Gasteiger partial charge on any atom is -0.335 e. The predicted molar refractivity (Wildman–Crippen MR) is 51.7 cm³/mol. The number of ether oxygens (including phenoxy) is 2. The fourth-order valence-corrected chi connectivity index (χ4v) is 1.41. The lowest BCUT2D eigenvalue weighted by atomic mass is 10.4. The summed E-state index contributed by atoms with van der Waals surface area (Å²) in [4.78, 5) is 13.0. The fourth-order valence-electron chi connectivity index (χ4n) is 1.41. The van der Waals surface area contributed by atoms with Gasteiger partial charge in [-0.05, 0) is 20.8 Å². The molecular formula is C9H18N2O3. The van der Waals surface area contributed by atoms with E-state index in [0.29, 0.717) is 19.8 Å². The molecule has 0 aliphatic carbocycles. The summed E-state index contributed by atoms with van der Waals surface area (Å²) in [5, 5.41) is 2.79. The van der Waals surface area contributed by atoms with Gasteiger partial charge in [-0.3, -0.25) is 4.90 Å². The third-order valence-corrected chi connectivity index (χ3v) is 1.97. The Balaban J connectivity index is 2.53. The summed E-state index contributed by atoms with van der Waals surface area (Å²) in [6.07, 6.45) is -0.546. The van der Waals surface area contributed by atoms with Crippen molar-refractivity contribution in [2.45, 2.75) is 33.2 Å². The summed E-state index contributed by atoms with van der Waals surface area (Å²) >= 11 is 0. The second-order valence-electron chi connectivity index (χ2n) is 3.22. The summed E-state index contributed by atoms with van der Waals surface area (Å²) in [7, 11) is 0. The van der Waals surface area contributed by atoms with Crippen molar-refractivity contribution < 1.29 is 14.3 Å². The molecule has 1 aliphatic heterocycles. The Labute approximate surface area is 84.4 Å². The van der Waals surface area contributed by atoms with Crippen molar-refractivity contribution in [3.05, 3.63) is 0 Å². The lowest BCUT2D eigenvalue weighted by molar-refractivity contribution is -0.199. The Bertz CT molecular complexity index is 192. The molecule has 0 saturated carbocycles. The van der Waals surface area contributed by atoms with Crippen LogP contribution in [0.3, 0.4) is 0 Å². The molecule has 0 aromatic rings. The van der Waals surface area contributed by atoms with Crippen LogP contribution in [-0.2, 0) is 9.47 Å². The number of rotatable bonds is 5. The van der Waals surface area contributed by atoms with E-state index in [1.807, 2.05) is 20.8 Å². The zero-order valence-corrected chi connectivity index (χ0v) is 8.95. The minimum atomic E-state index is -0.546. The van der Waals surface area contributed by atoms with Gasteiger partial charge in [-0.1, -0.05) is 0 Å². The zero-order chi connectivity index (χ0) is 10.6. The molecule has 1 N–H and O–H groups in total. The molecule has 1 unspecified atom stereocenters. The van der Waals surface area contributed by atoms with Gasteiger partial charge in [-0.2, -0.15) is 0 Å². The number of nitrogens with one attached hydrogen (secondary N) is 1. The SMILES string of the molecule is CCOC(OCC)N1CC(C)NC1=O. The van der Waals surface area contributed by atoms with Crippen molar-refractivity contribution in [2.24, 2.45) is 0 Å². The monoisotopic (exact) mass is 202 g/mol. The molecule has 1 aliphatic rings. The molecule has 5 heteroatoms. The van der Waals surface area contributed by atoms with Crippen molar-refractivity contribution in [1.29, 1.82) is 0 Å². The Morgan fingerprint density at radius 3 is 2.43 bits per heavy atom. The van der Waals surface area contributed by atoms with Crippen molar-refractivity contribution >= 4 is 6.03 Å². The summed E-state index contributed by atoms with van der Waals surface area (Å²) < 4.78 is 10.7. The van der Waals surface area contributed by atoms with Crippen molar-refractivity contribution in [3.63, 3.8) is 0 Å². The van der Waals surface area contributed by atoms with Crippen LogP contribution in [-0.4, -0.2) is 43.1 Å². The largest absolute Gasteiger partial charge is 0.335 e. The predicted octanol–water partition coefficient (Wildman–Crippen LogP) is 0.757. The maximum Gasteiger partial charge on any atom is 0.321 e. The molecule has 0 aromatic carbocycles. The smallest absolute Gasteiger partial charge is 0.321 e. The molecule has 5 nitrogen and oxygen atoms in total. The highest BCUT2D eigenvalue weighted by Crippen LogP contribution is 2.10. The lowest BCUT2D eigenvalue weighted by Crippen LogP contribution is -2.41. The van der Waals surface area contributed by atoms with E-state index < -0.39 is 6.41 Å². The van der Waals surface area contributed by atoms with Gasteiger partial charge in [-0.15, -0.1) is 0 Å². The summed E-state index contributed by atoms with van der Waals surface area (Å²) in [6, 6.07) is 0.0373. The molecule has 0 radical (unpaired) electrons. The topological polar surface area (TPSA) is 50.8 Å². The zero-order valence-electron chi connectivity index (χ0n) is 8.95. The van der Waals surface area contributed by atoms with Crippen LogP contribution in [0.4, 0.5) is 4.79 Å². The number of urea groups is 1. The van der Waals surface area contributed by atoms with Gasteiger partial charge in [0.15, 0.2) is 0 Å². The van der Waals surface area contributed by atoms with Crippen molar-refractivity contribution in [2.75, 3.05) is 19.8 Å². The van der Waals surface area contributed by atoms with Crippen LogP contribution in [0.15, 0.2) is 0 Å². The van der Waals surface area contributed by atoms with E-state index in [1.165, 1.54) is 0 Å². The van der Waals surface area contributed by atoms with Crippen LogP contribution >= 0.6 is 0 Å². The molecule has 1 fully saturated rings. The van der Waals surface area contributed by atoms with E-state index in [4.69, 9.17) is 9.47 Å². The van der Waals surface area contributed by atoms with E-state index in [0.717, 1.165) is 0 Å². The highest BCUT2D eigenvalue weighted by molar-refractivity contribution is 5.76. The van der Waals surface area contributed by atoms with Gasteiger partial charge in [0.1, 0.15) is 0 Å². The molecule has 1 rings (SSSR count). The first kappa shape index (κ1) is 11.3. The number of hydrogen-bond donors (Lipinski definition) is 1. The Morgan fingerprint density at radius 1 is 1.50 bits per heavy atom. The highest BCUT2D eigenvalue weighted by atomic mass is 16.7. The number of carbonyl (C=O) groups is 1. The second kappa shape index (κ2) is 5.17. The van der Waals surface area contributed by atoms with Crippen LogP contribution in [0, 0.1) is 0 Å². The van der Waals surface area contributed by atoms with E-state index >= 15 is 0 Å². The van der Waals surface area contributed by atoms with Gasteiger partial charge in [0.05, 0.1) is 0 Å². The summed E-state index contributed by atoms with van der Waals surface area (Å²) in [6.45, 7) is 7.40. The average molecular weight is 202 g/mol. The second-order valence-corrected chi connectivity index (χ2v) is 3.22. The van der Waals surface area contributed by atoms with Gasteiger partial charge in [0.25, 0.3) is 0 Å². The Kier molecular flexibility index (Phi) is 4.16. The maximum atomic E-state index is 11.4. The lowest BCUT2D eigenvalue weighted by Gasteiger charge is -2.25. The van der Waals surface area contributed by atoms with Crippen molar-refractivity contribution in [3.8, 4) is 0 Å². The van der Waals surface area contributed by atoms with Crippen LogP contribution < -0.4 is 5.32 Å². The molecular weight excluding hydrogens is 184 g/mol. The summed E-state index contributed by atoms with van der Waals surface area (Å²) in [5.74, 6) is 0. The third kappa shape index (κ3) is 2.59. The third-order valence-electron chi connectivity index (χ3n) is 1.97.